The highest BCUT2D eigenvalue weighted by molar-refractivity contribution is 8.04. The number of ether oxygens (including phenoxy) is 2. The van der Waals surface area contributed by atoms with Gasteiger partial charge >= 0.3 is 0 Å². The minimum absolute atomic E-state index is 0.698. The van der Waals surface area contributed by atoms with Gasteiger partial charge in [-0.15, -0.1) is 11.8 Å². The van der Waals surface area contributed by atoms with E-state index < -0.39 is 8.38 Å². The maximum absolute atomic E-state index is 5.84. The molecule has 1 aliphatic rings. The van der Waals surface area contributed by atoms with Gasteiger partial charge in [0.2, 0.25) is 0 Å². The van der Waals surface area contributed by atoms with Gasteiger partial charge in [0.15, 0.2) is 8.38 Å². The van der Waals surface area contributed by atoms with E-state index in [-0.39, 0.29) is 0 Å². The molecular weight excluding hydrogens is 357 g/mol. The molecule has 1 fully saturated rings. The molecular formula is C18H30NO4PS. The highest BCUT2D eigenvalue weighted by Gasteiger charge is 2.10. The molecule has 0 amide bonds. The van der Waals surface area contributed by atoms with Crippen LogP contribution in [0.4, 0.5) is 0 Å². The topological polar surface area (TPSA) is 40.2 Å². The Morgan fingerprint density at radius 3 is 2.40 bits per heavy atom. The minimum Gasteiger partial charge on any atom is -0.494 e. The molecule has 1 aromatic rings. The minimum atomic E-state index is -0.792. The van der Waals surface area contributed by atoms with Crippen LogP contribution in [0.25, 0.3) is 0 Å². The monoisotopic (exact) mass is 387 g/mol. The quantitative estimate of drug-likeness (QED) is 0.304. The fraction of sp³-hybridized carbons (Fsp3) is 0.667. The summed E-state index contributed by atoms with van der Waals surface area (Å²) in [6.45, 7) is 11.0. The summed E-state index contributed by atoms with van der Waals surface area (Å²) in [6, 6.07) is 8.29. The number of hydrogen-bond acceptors (Lipinski definition) is 6. The normalized spacial score (nSPS) is 15.6. The second-order valence-corrected chi connectivity index (χ2v) is 8.54. The van der Waals surface area contributed by atoms with Gasteiger partial charge in [-0.2, -0.15) is 0 Å². The molecule has 0 spiro atoms. The second kappa shape index (κ2) is 12.9. The summed E-state index contributed by atoms with van der Waals surface area (Å²) in [5, 5.41) is 0. The van der Waals surface area contributed by atoms with Gasteiger partial charge in [-0.25, -0.2) is 0 Å². The Balaban J connectivity index is 1.63. The van der Waals surface area contributed by atoms with Crippen molar-refractivity contribution in [2.75, 3.05) is 58.2 Å². The molecule has 2 rings (SSSR count). The predicted octanol–water partition coefficient (Wildman–Crippen LogP) is 4.22. The summed E-state index contributed by atoms with van der Waals surface area (Å²) in [6.07, 6.45) is 1.05. The van der Waals surface area contributed by atoms with Gasteiger partial charge in [0.05, 0.1) is 38.5 Å². The van der Waals surface area contributed by atoms with Crippen molar-refractivity contribution in [3.05, 3.63) is 24.3 Å². The predicted molar refractivity (Wildman–Crippen MR) is 105 cm³/mol. The van der Waals surface area contributed by atoms with Crippen molar-refractivity contribution >= 4 is 20.1 Å². The molecule has 1 saturated heterocycles. The number of hydrogen-bond donors (Lipinski definition) is 0. The second-order valence-electron chi connectivity index (χ2n) is 5.57. The number of thioether (sulfide) groups is 1. The summed E-state index contributed by atoms with van der Waals surface area (Å²) in [5.74, 6) is 0.934. The van der Waals surface area contributed by atoms with Gasteiger partial charge in [0.25, 0.3) is 0 Å². The van der Waals surface area contributed by atoms with Crippen LogP contribution >= 0.6 is 20.1 Å². The zero-order valence-corrected chi connectivity index (χ0v) is 17.0. The highest BCUT2D eigenvalue weighted by atomic mass is 32.2. The Bertz CT molecular complexity index is 451. The maximum Gasteiger partial charge on any atom is 0.181 e. The molecule has 0 unspecified atom stereocenters. The Labute approximate surface area is 157 Å². The highest BCUT2D eigenvalue weighted by Crippen LogP contribution is 2.43. The van der Waals surface area contributed by atoms with E-state index in [0.29, 0.717) is 13.2 Å². The number of nitrogens with zero attached hydrogens (tertiary/aromatic N) is 1. The molecule has 1 heterocycles. The summed E-state index contributed by atoms with van der Waals surface area (Å²) < 4.78 is 22.5. The van der Waals surface area contributed by atoms with Crippen LogP contribution in [-0.2, 0) is 13.8 Å². The van der Waals surface area contributed by atoms with E-state index in [2.05, 4.69) is 17.0 Å². The lowest BCUT2D eigenvalue weighted by atomic mass is 10.3. The largest absolute Gasteiger partial charge is 0.494 e. The molecule has 1 aromatic carbocycles. The van der Waals surface area contributed by atoms with Crippen LogP contribution < -0.4 is 4.74 Å². The molecule has 142 valence electrons. The summed E-state index contributed by atoms with van der Waals surface area (Å²) in [4.78, 5) is 3.65. The van der Waals surface area contributed by atoms with Crippen molar-refractivity contribution in [2.24, 2.45) is 0 Å². The fourth-order valence-electron chi connectivity index (χ4n) is 2.46. The Morgan fingerprint density at radius 1 is 1.08 bits per heavy atom. The lowest BCUT2D eigenvalue weighted by Crippen LogP contribution is -2.37. The van der Waals surface area contributed by atoms with Crippen molar-refractivity contribution in [2.45, 2.75) is 25.2 Å². The average Bonchev–Trinajstić information content (AvgIpc) is 2.65. The van der Waals surface area contributed by atoms with Crippen LogP contribution in [0.1, 0.15) is 20.3 Å². The van der Waals surface area contributed by atoms with Gasteiger partial charge in [-0.3, -0.25) is 4.90 Å². The van der Waals surface area contributed by atoms with Gasteiger partial charge in [-0.1, -0.05) is 0 Å². The molecule has 25 heavy (non-hydrogen) atoms. The molecule has 0 aliphatic carbocycles. The molecule has 0 radical (unpaired) electrons. The van der Waals surface area contributed by atoms with Crippen LogP contribution in [0.2, 0.25) is 0 Å². The van der Waals surface area contributed by atoms with Gasteiger partial charge in [-0.05, 0) is 44.5 Å². The first-order chi connectivity index (χ1) is 12.3. The van der Waals surface area contributed by atoms with Crippen LogP contribution in [0.15, 0.2) is 29.2 Å². The fourth-order valence-corrected chi connectivity index (χ4v) is 5.06. The molecule has 7 heteroatoms. The molecule has 0 aromatic heterocycles. The molecule has 1 aliphatic heterocycles. The zero-order valence-electron chi connectivity index (χ0n) is 15.3. The number of benzene rings is 1. The van der Waals surface area contributed by atoms with Crippen molar-refractivity contribution in [1.82, 2.24) is 4.90 Å². The Hall–Kier alpha value is -0.360. The Morgan fingerprint density at radius 2 is 1.76 bits per heavy atom. The summed E-state index contributed by atoms with van der Waals surface area (Å²) in [7, 11) is -0.792. The van der Waals surface area contributed by atoms with E-state index >= 15 is 0 Å². The SMILES string of the molecule is CCOP(CSc1ccc(OCCCN2CCOCC2)cc1)OCC. The third kappa shape index (κ3) is 8.72. The van der Waals surface area contributed by atoms with Crippen molar-refractivity contribution in [3.63, 3.8) is 0 Å². The molecule has 0 atom stereocenters. The van der Waals surface area contributed by atoms with E-state index in [4.69, 9.17) is 18.5 Å². The first kappa shape index (κ1) is 20.9. The van der Waals surface area contributed by atoms with Crippen LogP contribution in [0.5, 0.6) is 5.75 Å². The molecule has 5 nitrogen and oxygen atoms in total. The first-order valence-electron chi connectivity index (χ1n) is 9.01. The summed E-state index contributed by atoms with van der Waals surface area (Å²) >= 11 is 1.77. The van der Waals surface area contributed by atoms with Crippen LogP contribution in [-0.4, -0.2) is 63.1 Å². The Kier molecular flexibility index (Phi) is 10.8. The smallest absolute Gasteiger partial charge is 0.181 e. The zero-order chi connectivity index (χ0) is 17.7. The van der Waals surface area contributed by atoms with Crippen LogP contribution in [0.3, 0.4) is 0 Å². The van der Waals surface area contributed by atoms with E-state index in [1.807, 2.05) is 26.0 Å². The van der Waals surface area contributed by atoms with E-state index in [1.165, 1.54) is 4.90 Å². The summed E-state index contributed by atoms with van der Waals surface area (Å²) in [5.41, 5.74) is 0.858. The molecule has 0 N–H and O–H groups in total. The third-order valence-electron chi connectivity index (χ3n) is 3.70. The van der Waals surface area contributed by atoms with Gasteiger partial charge < -0.3 is 18.5 Å². The lowest BCUT2D eigenvalue weighted by Gasteiger charge is -2.26. The number of morpholine rings is 1. The third-order valence-corrected chi connectivity index (χ3v) is 6.76. The van der Waals surface area contributed by atoms with Crippen LogP contribution in [0, 0.1) is 0 Å². The molecule has 0 saturated carbocycles. The number of rotatable bonds is 12. The maximum atomic E-state index is 5.84. The van der Waals surface area contributed by atoms with Gasteiger partial charge in [0, 0.05) is 24.5 Å². The van der Waals surface area contributed by atoms with Gasteiger partial charge in [0.1, 0.15) is 5.75 Å². The molecule has 0 bridgehead atoms. The standard InChI is InChI=1S/C18H30NO4PS/c1-3-22-24(23-4-2)16-25-18-8-6-17(7-9-18)21-13-5-10-19-11-14-20-15-12-19/h6-9H,3-5,10-16H2,1-2H3. The van der Waals surface area contributed by atoms with Crippen molar-refractivity contribution in [3.8, 4) is 5.75 Å². The average molecular weight is 387 g/mol. The lowest BCUT2D eigenvalue weighted by molar-refractivity contribution is 0.0358. The van der Waals surface area contributed by atoms with E-state index in [0.717, 1.165) is 57.1 Å². The van der Waals surface area contributed by atoms with Crippen molar-refractivity contribution < 1.29 is 18.5 Å². The van der Waals surface area contributed by atoms with E-state index in [1.54, 1.807) is 11.8 Å². The first-order valence-corrected chi connectivity index (χ1v) is 11.4. The van der Waals surface area contributed by atoms with E-state index in [9.17, 15) is 0 Å². The van der Waals surface area contributed by atoms with Crippen molar-refractivity contribution in [1.29, 1.82) is 0 Å².